The van der Waals surface area contributed by atoms with Crippen LogP contribution in [0, 0.1) is 0 Å². The molecule has 1 amide bonds. The number of carbonyl (C=O) groups is 1. The molecule has 21 heavy (non-hydrogen) atoms. The molecule has 0 aliphatic carbocycles. The maximum atomic E-state index is 12.3. The van der Waals surface area contributed by atoms with E-state index in [9.17, 15) is 4.79 Å². The molecule has 1 aromatic carbocycles. The lowest BCUT2D eigenvalue weighted by molar-refractivity contribution is -0.917. The Morgan fingerprint density at radius 1 is 1.33 bits per heavy atom. The summed E-state index contributed by atoms with van der Waals surface area (Å²) in [7, 11) is 0. The van der Waals surface area contributed by atoms with Crippen LogP contribution in [0.5, 0.6) is 0 Å². The Bertz CT molecular complexity index is 495. The summed E-state index contributed by atoms with van der Waals surface area (Å²) in [6.07, 6.45) is 1.70. The molecular formula is C16H22ClN2O2+. The molecule has 0 saturated carbocycles. The largest absolute Gasteiger partial charge is 0.368 e. The molecule has 5 heteroatoms. The molecule has 4 nitrogen and oxygen atoms in total. The SMILES string of the molecule is O=C([C@H]1CCCO1)N1CC[NH+](Cc2ccccc2Cl)CC1. The predicted octanol–water partition coefficient (Wildman–Crippen LogP) is 0.746. The number of nitrogens with zero attached hydrogens (tertiary/aromatic N) is 1. The van der Waals surface area contributed by atoms with Gasteiger partial charge in [-0.05, 0) is 18.9 Å². The van der Waals surface area contributed by atoms with E-state index in [1.165, 1.54) is 10.5 Å². The van der Waals surface area contributed by atoms with Gasteiger partial charge in [0.15, 0.2) is 0 Å². The van der Waals surface area contributed by atoms with E-state index in [1.807, 2.05) is 23.1 Å². The van der Waals surface area contributed by atoms with Crippen molar-refractivity contribution in [2.45, 2.75) is 25.5 Å². The lowest BCUT2D eigenvalue weighted by Crippen LogP contribution is -3.13. The number of carbonyl (C=O) groups excluding carboxylic acids is 1. The number of hydrogen-bond acceptors (Lipinski definition) is 2. The summed E-state index contributed by atoms with van der Waals surface area (Å²) in [6, 6.07) is 8.00. The van der Waals surface area contributed by atoms with Crippen molar-refractivity contribution in [1.82, 2.24) is 4.90 Å². The van der Waals surface area contributed by atoms with Gasteiger partial charge in [-0.3, -0.25) is 4.79 Å². The molecule has 3 rings (SSSR count). The standard InChI is InChI=1S/C16H21ClN2O2/c17-14-5-2-1-4-13(14)12-18-7-9-19(10-8-18)16(20)15-6-3-11-21-15/h1-2,4-5,15H,3,6-12H2/p+1/t15-/m1/s1. The maximum Gasteiger partial charge on any atom is 0.252 e. The number of hydrogen-bond donors (Lipinski definition) is 1. The Labute approximate surface area is 130 Å². The molecular weight excluding hydrogens is 288 g/mol. The fourth-order valence-corrected chi connectivity index (χ4v) is 3.31. The average molecular weight is 310 g/mol. The van der Waals surface area contributed by atoms with E-state index in [0.29, 0.717) is 0 Å². The molecule has 0 radical (unpaired) electrons. The fourth-order valence-electron chi connectivity index (χ4n) is 3.11. The van der Waals surface area contributed by atoms with E-state index in [4.69, 9.17) is 16.3 Å². The van der Waals surface area contributed by atoms with E-state index < -0.39 is 0 Å². The summed E-state index contributed by atoms with van der Waals surface area (Å²) in [5, 5.41) is 0.836. The van der Waals surface area contributed by atoms with Crippen LogP contribution in [0.15, 0.2) is 24.3 Å². The number of benzene rings is 1. The summed E-state index contributed by atoms with van der Waals surface area (Å²) >= 11 is 6.21. The van der Waals surface area contributed by atoms with Gasteiger partial charge in [0.05, 0.1) is 26.2 Å². The first-order chi connectivity index (χ1) is 10.2. The van der Waals surface area contributed by atoms with Gasteiger partial charge >= 0.3 is 0 Å². The Hall–Kier alpha value is -1.10. The minimum absolute atomic E-state index is 0.185. The monoisotopic (exact) mass is 309 g/mol. The molecule has 1 N–H and O–H groups in total. The highest BCUT2D eigenvalue weighted by Gasteiger charge is 2.31. The van der Waals surface area contributed by atoms with Gasteiger partial charge < -0.3 is 14.5 Å². The molecule has 0 spiro atoms. The van der Waals surface area contributed by atoms with Gasteiger partial charge in [0.25, 0.3) is 5.91 Å². The van der Waals surface area contributed by atoms with Gasteiger partial charge in [0, 0.05) is 17.2 Å². The maximum absolute atomic E-state index is 12.3. The lowest BCUT2D eigenvalue weighted by Gasteiger charge is -2.33. The highest BCUT2D eigenvalue weighted by molar-refractivity contribution is 6.31. The van der Waals surface area contributed by atoms with Gasteiger partial charge in [-0.25, -0.2) is 0 Å². The first-order valence-corrected chi connectivity index (χ1v) is 8.09. The van der Waals surface area contributed by atoms with Crippen LogP contribution in [0.2, 0.25) is 5.02 Å². The van der Waals surface area contributed by atoms with Gasteiger partial charge in [-0.15, -0.1) is 0 Å². The van der Waals surface area contributed by atoms with Crippen molar-refractivity contribution in [3.05, 3.63) is 34.9 Å². The third-order valence-corrected chi connectivity index (χ3v) is 4.75. The van der Waals surface area contributed by atoms with Gasteiger partial charge in [-0.1, -0.05) is 29.8 Å². The molecule has 114 valence electrons. The third-order valence-electron chi connectivity index (χ3n) is 4.39. The summed E-state index contributed by atoms with van der Waals surface area (Å²) in [4.78, 5) is 15.7. The van der Waals surface area contributed by atoms with Gasteiger partial charge in [0.2, 0.25) is 0 Å². The minimum Gasteiger partial charge on any atom is -0.368 e. The van der Waals surface area contributed by atoms with Crippen LogP contribution in [-0.4, -0.2) is 49.7 Å². The van der Waals surface area contributed by atoms with Crippen LogP contribution in [0.3, 0.4) is 0 Å². The zero-order valence-electron chi connectivity index (χ0n) is 12.2. The fraction of sp³-hybridized carbons (Fsp3) is 0.562. The smallest absolute Gasteiger partial charge is 0.252 e. The van der Waals surface area contributed by atoms with E-state index in [1.54, 1.807) is 0 Å². The number of halogens is 1. The second-order valence-corrected chi connectivity index (χ2v) is 6.25. The molecule has 2 fully saturated rings. The van der Waals surface area contributed by atoms with Crippen molar-refractivity contribution in [3.8, 4) is 0 Å². The Morgan fingerprint density at radius 3 is 2.76 bits per heavy atom. The van der Waals surface area contributed by atoms with Crippen molar-refractivity contribution in [3.63, 3.8) is 0 Å². The number of amides is 1. The summed E-state index contributed by atoms with van der Waals surface area (Å²) < 4.78 is 5.49. The highest BCUT2D eigenvalue weighted by atomic mass is 35.5. The second-order valence-electron chi connectivity index (χ2n) is 5.85. The molecule has 2 aliphatic rings. The molecule has 2 saturated heterocycles. The molecule has 0 bridgehead atoms. The van der Waals surface area contributed by atoms with E-state index in [0.717, 1.165) is 57.2 Å². The number of rotatable bonds is 3. The van der Waals surface area contributed by atoms with Crippen molar-refractivity contribution < 1.29 is 14.4 Å². The zero-order valence-corrected chi connectivity index (χ0v) is 12.9. The first kappa shape index (κ1) is 14.8. The van der Waals surface area contributed by atoms with E-state index in [-0.39, 0.29) is 12.0 Å². The van der Waals surface area contributed by atoms with Crippen LogP contribution < -0.4 is 4.90 Å². The van der Waals surface area contributed by atoms with Crippen molar-refractivity contribution >= 4 is 17.5 Å². The van der Waals surface area contributed by atoms with Crippen LogP contribution >= 0.6 is 11.6 Å². The van der Waals surface area contributed by atoms with Gasteiger partial charge in [-0.2, -0.15) is 0 Å². The highest BCUT2D eigenvalue weighted by Crippen LogP contribution is 2.15. The van der Waals surface area contributed by atoms with E-state index in [2.05, 4.69) is 6.07 Å². The quantitative estimate of drug-likeness (QED) is 0.894. The van der Waals surface area contributed by atoms with Gasteiger partial charge in [0.1, 0.15) is 12.6 Å². The Balaban J connectivity index is 1.51. The number of nitrogens with one attached hydrogen (secondary N) is 1. The molecule has 1 aromatic rings. The summed E-state index contributed by atoms with van der Waals surface area (Å²) in [5.74, 6) is 0.185. The van der Waals surface area contributed by atoms with Crippen LogP contribution in [0.1, 0.15) is 18.4 Å². The van der Waals surface area contributed by atoms with Crippen molar-refractivity contribution in [1.29, 1.82) is 0 Å². The zero-order chi connectivity index (χ0) is 14.7. The number of ether oxygens (including phenoxy) is 1. The van der Waals surface area contributed by atoms with Crippen LogP contribution in [0.25, 0.3) is 0 Å². The first-order valence-electron chi connectivity index (χ1n) is 7.71. The Morgan fingerprint density at radius 2 is 2.10 bits per heavy atom. The van der Waals surface area contributed by atoms with E-state index >= 15 is 0 Å². The normalized spacial score (nSPS) is 23.5. The third kappa shape index (κ3) is 3.57. The van der Waals surface area contributed by atoms with Crippen LogP contribution in [-0.2, 0) is 16.1 Å². The van der Waals surface area contributed by atoms with Crippen LogP contribution in [0.4, 0.5) is 0 Å². The summed E-state index contributed by atoms with van der Waals surface area (Å²) in [6.45, 7) is 5.25. The van der Waals surface area contributed by atoms with Crippen molar-refractivity contribution in [2.75, 3.05) is 32.8 Å². The molecule has 2 aliphatic heterocycles. The Kier molecular flexibility index (Phi) is 4.78. The average Bonchev–Trinajstić information content (AvgIpc) is 3.04. The molecule has 0 aromatic heterocycles. The number of quaternary nitrogens is 1. The molecule has 1 atom stereocenters. The molecule has 0 unspecified atom stereocenters. The van der Waals surface area contributed by atoms with Crippen molar-refractivity contribution in [2.24, 2.45) is 0 Å². The summed E-state index contributed by atoms with van der Waals surface area (Å²) in [5.41, 5.74) is 1.19. The second kappa shape index (κ2) is 6.77. The molecule has 2 heterocycles. The minimum atomic E-state index is -0.185. The predicted molar refractivity (Wildman–Crippen MR) is 81.4 cm³/mol. The number of piperazine rings is 1. The topological polar surface area (TPSA) is 34.0 Å². The lowest BCUT2D eigenvalue weighted by atomic mass is 10.1.